The van der Waals surface area contributed by atoms with E-state index >= 15 is 0 Å². The van der Waals surface area contributed by atoms with Crippen molar-refractivity contribution in [3.63, 3.8) is 0 Å². The number of hydrogen-bond acceptors (Lipinski definition) is 3. The average Bonchev–Trinajstić information content (AvgIpc) is 2.65. The van der Waals surface area contributed by atoms with Gasteiger partial charge in [-0.3, -0.25) is 0 Å². The molecule has 0 saturated heterocycles. The molecule has 0 saturated carbocycles. The van der Waals surface area contributed by atoms with E-state index in [4.69, 9.17) is 5.11 Å². The standard InChI is InChI=1S/C13H19N3O/c1-10(7-8-17)14-9-13-15-11-5-3-4-6-12(11)16(13)2/h3-6,10,14,17H,7-9H2,1-2H3. The number of benzene rings is 1. The lowest BCUT2D eigenvalue weighted by Crippen LogP contribution is -2.27. The second-order valence-corrected chi connectivity index (χ2v) is 4.37. The highest BCUT2D eigenvalue weighted by Crippen LogP contribution is 2.14. The summed E-state index contributed by atoms with van der Waals surface area (Å²) in [5, 5.41) is 12.2. The van der Waals surface area contributed by atoms with Gasteiger partial charge in [-0.2, -0.15) is 0 Å². The Bertz CT molecular complexity index is 492. The van der Waals surface area contributed by atoms with Crippen LogP contribution in [0.4, 0.5) is 0 Å². The molecule has 0 aliphatic heterocycles. The van der Waals surface area contributed by atoms with E-state index in [1.54, 1.807) is 0 Å². The molecule has 92 valence electrons. The number of rotatable bonds is 5. The summed E-state index contributed by atoms with van der Waals surface area (Å²) in [6, 6.07) is 8.43. The van der Waals surface area contributed by atoms with Crippen LogP contribution in [0.15, 0.2) is 24.3 Å². The summed E-state index contributed by atoms with van der Waals surface area (Å²) in [6.07, 6.45) is 0.768. The lowest BCUT2D eigenvalue weighted by atomic mass is 10.2. The van der Waals surface area contributed by atoms with Crippen LogP contribution in [0.3, 0.4) is 0 Å². The summed E-state index contributed by atoms with van der Waals surface area (Å²) in [7, 11) is 2.03. The van der Waals surface area contributed by atoms with E-state index in [0.29, 0.717) is 6.04 Å². The number of aliphatic hydroxyl groups is 1. The molecule has 0 bridgehead atoms. The van der Waals surface area contributed by atoms with Crippen LogP contribution in [0, 0.1) is 0 Å². The van der Waals surface area contributed by atoms with Gasteiger partial charge < -0.3 is 15.0 Å². The Morgan fingerprint density at radius 1 is 1.41 bits per heavy atom. The van der Waals surface area contributed by atoms with Crippen molar-refractivity contribution in [3.8, 4) is 0 Å². The fourth-order valence-corrected chi connectivity index (χ4v) is 1.91. The van der Waals surface area contributed by atoms with Gasteiger partial charge in [-0.25, -0.2) is 4.98 Å². The van der Waals surface area contributed by atoms with Crippen LogP contribution in [0.25, 0.3) is 11.0 Å². The number of hydrogen-bond donors (Lipinski definition) is 2. The number of imidazole rings is 1. The SMILES string of the molecule is CC(CCO)NCc1nc2ccccc2n1C. The second kappa shape index (κ2) is 5.29. The smallest absolute Gasteiger partial charge is 0.123 e. The first-order valence-corrected chi connectivity index (χ1v) is 5.97. The molecule has 0 aliphatic rings. The van der Waals surface area contributed by atoms with Crippen molar-refractivity contribution in [3.05, 3.63) is 30.1 Å². The molecule has 1 aromatic heterocycles. The number of fused-ring (bicyclic) bond motifs is 1. The predicted molar refractivity (Wildman–Crippen MR) is 68.7 cm³/mol. The summed E-state index contributed by atoms with van der Waals surface area (Å²) >= 11 is 0. The third-order valence-electron chi connectivity index (χ3n) is 3.05. The highest BCUT2D eigenvalue weighted by atomic mass is 16.3. The lowest BCUT2D eigenvalue weighted by molar-refractivity contribution is 0.268. The number of para-hydroxylation sites is 2. The topological polar surface area (TPSA) is 50.1 Å². The maximum Gasteiger partial charge on any atom is 0.123 e. The zero-order chi connectivity index (χ0) is 12.3. The average molecular weight is 233 g/mol. The Labute approximate surface area is 101 Å². The molecule has 2 N–H and O–H groups in total. The molecular formula is C13H19N3O. The highest BCUT2D eigenvalue weighted by Gasteiger charge is 2.07. The molecule has 4 heteroatoms. The Hall–Kier alpha value is -1.39. The molecule has 0 amide bonds. The molecule has 1 aromatic carbocycles. The summed E-state index contributed by atoms with van der Waals surface area (Å²) in [4.78, 5) is 4.58. The van der Waals surface area contributed by atoms with Crippen LogP contribution in [-0.4, -0.2) is 27.3 Å². The number of nitrogens with one attached hydrogen (secondary N) is 1. The maximum absolute atomic E-state index is 8.84. The zero-order valence-corrected chi connectivity index (χ0v) is 10.3. The molecule has 4 nitrogen and oxygen atoms in total. The van der Waals surface area contributed by atoms with E-state index in [2.05, 4.69) is 27.9 Å². The molecule has 17 heavy (non-hydrogen) atoms. The molecular weight excluding hydrogens is 214 g/mol. The zero-order valence-electron chi connectivity index (χ0n) is 10.3. The van der Waals surface area contributed by atoms with Gasteiger partial charge in [0.2, 0.25) is 0 Å². The van der Waals surface area contributed by atoms with E-state index in [-0.39, 0.29) is 6.61 Å². The first kappa shape index (κ1) is 12.1. The van der Waals surface area contributed by atoms with Gasteiger partial charge in [0.15, 0.2) is 0 Å². The van der Waals surface area contributed by atoms with Crippen molar-refractivity contribution in [2.45, 2.75) is 25.9 Å². The van der Waals surface area contributed by atoms with E-state index in [9.17, 15) is 0 Å². The quantitative estimate of drug-likeness (QED) is 0.821. The number of aryl methyl sites for hydroxylation is 1. The minimum Gasteiger partial charge on any atom is -0.396 e. The minimum atomic E-state index is 0.219. The van der Waals surface area contributed by atoms with Crippen molar-refractivity contribution in [1.82, 2.24) is 14.9 Å². The third kappa shape index (κ3) is 2.65. The summed E-state index contributed by atoms with van der Waals surface area (Å²) in [5.74, 6) is 1.02. The fraction of sp³-hybridized carbons (Fsp3) is 0.462. The van der Waals surface area contributed by atoms with Gasteiger partial charge in [0, 0.05) is 19.7 Å². The van der Waals surface area contributed by atoms with Crippen molar-refractivity contribution in [1.29, 1.82) is 0 Å². The summed E-state index contributed by atoms with van der Waals surface area (Å²) < 4.78 is 2.11. The largest absolute Gasteiger partial charge is 0.396 e. The molecule has 0 aliphatic carbocycles. The third-order valence-corrected chi connectivity index (χ3v) is 3.05. The van der Waals surface area contributed by atoms with Crippen LogP contribution in [0.2, 0.25) is 0 Å². The van der Waals surface area contributed by atoms with E-state index in [1.807, 2.05) is 25.2 Å². The second-order valence-electron chi connectivity index (χ2n) is 4.37. The molecule has 1 atom stereocenters. The lowest BCUT2D eigenvalue weighted by Gasteiger charge is -2.11. The first-order chi connectivity index (χ1) is 8.22. The first-order valence-electron chi connectivity index (χ1n) is 5.97. The Morgan fingerprint density at radius 2 is 2.18 bits per heavy atom. The molecule has 0 spiro atoms. The van der Waals surface area contributed by atoms with Gasteiger partial charge >= 0.3 is 0 Å². The van der Waals surface area contributed by atoms with Crippen LogP contribution >= 0.6 is 0 Å². The minimum absolute atomic E-state index is 0.219. The van der Waals surface area contributed by atoms with Gasteiger partial charge in [0.1, 0.15) is 5.82 Å². The van der Waals surface area contributed by atoms with Crippen molar-refractivity contribution >= 4 is 11.0 Å². The van der Waals surface area contributed by atoms with Crippen LogP contribution < -0.4 is 5.32 Å². The van der Waals surface area contributed by atoms with Gasteiger partial charge in [0.25, 0.3) is 0 Å². The van der Waals surface area contributed by atoms with Gasteiger partial charge in [0.05, 0.1) is 17.6 Å². The van der Waals surface area contributed by atoms with E-state index in [0.717, 1.165) is 29.8 Å². The number of nitrogens with zero attached hydrogens (tertiary/aromatic N) is 2. The molecule has 0 radical (unpaired) electrons. The fourth-order valence-electron chi connectivity index (χ4n) is 1.91. The van der Waals surface area contributed by atoms with Gasteiger partial charge in [-0.05, 0) is 25.5 Å². The van der Waals surface area contributed by atoms with Crippen LogP contribution in [0.1, 0.15) is 19.2 Å². The van der Waals surface area contributed by atoms with Crippen molar-refractivity contribution < 1.29 is 5.11 Å². The Kier molecular flexibility index (Phi) is 3.76. The number of aliphatic hydroxyl groups excluding tert-OH is 1. The number of aromatic nitrogens is 2. The monoisotopic (exact) mass is 233 g/mol. The maximum atomic E-state index is 8.84. The molecule has 1 unspecified atom stereocenters. The van der Waals surface area contributed by atoms with Gasteiger partial charge in [-0.1, -0.05) is 12.1 Å². The Balaban J connectivity index is 2.11. The van der Waals surface area contributed by atoms with E-state index < -0.39 is 0 Å². The van der Waals surface area contributed by atoms with Gasteiger partial charge in [-0.15, -0.1) is 0 Å². The molecule has 0 fully saturated rings. The summed E-state index contributed by atoms with van der Waals surface area (Å²) in [6.45, 7) is 3.02. The Morgan fingerprint density at radius 3 is 2.88 bits per heavy atom. The highest BCUT2D eigenvalue weighted by molar-refractivity contribution is 5.75. The molecule has 2 rings (SSSR count). The van der Waals surface area contributed by atoms with E-state index in [1.165, 1.54) is 0 Å². The van der Waals surface area contributed by atoms with Crippen LogP contribution in [0.5, 0.6) is 0 Å². The van der Waals surface area contributed by atoms with Crippen molar-refractivity contribution in [2.24, 2.45) is 7.05 Å². The summed E-state index contributed by atoms with van der Waals surface area (Å²) in [5.41, 5.74) is 2.18. The van der Waals surface area contributed by atoms with Crippen LogP contribution in [-0.2, 0) is 13.6 Å². The predicted octanol–water partition coefficient (Wildman–Crippen LogP) is 1.43. The molecule has 2 aromatic rings. The normalized spacial score (nSPS) is 13.1. The molecule has 1 heterocycles. The van der Waals surface area contributed by atoms with Crippen molar-refractivity contribution in [2.75, 3.05) is 6.61 Å².